The van der Waals surface area contributed by atoms with Crippen LogP contribution in [-0.4, -0.2) is 30.0 Å². The molecule has 2 N–H and O–H groups in total. The number of nitrogens with zero attached hydrogens (tertiary/aromatic N) is 2. The predicted octanol–water partition coefficient (Wildman–Crippen LogP) is 1.47. The molecular weight excluding hydrogens is 292 g/mol. The monoisotopic (exact) mass is 310 g/mol. The number of amides is 3. The molecule has 0 aliphatic carbocycles. The molecule has 1 unspecified atom stereocenters. The topological polar surface area (TPSA) is 74.3 Å². The third-order valence-electron chi connectivity index (χ3n) is 3.91. The Hall–Kier alpha value is -2.89. The van der Waals surface area contributed by atoms with Crippen molar-refractivity contribution in [2.24, 2.45) is 0 Å². The van der Waals surface area contributed by atoms with Crippen LogP contribution >= 0.6 is 0 Å². The highest BCUT2D eigenvalue weighted by atomic mass is 16.2. The average Bonchev–Trinajstić information content (AvgIpc) is 2.99. The standard InChI is InChI=1S/C17H18N4O2/c1-18-16(22)15-9-13-6-2-3-7-14(13)21(15)17(23)20-11-12-5-4-8-19-10-12/h2-8,10,15H,9,11H2,1H3,(H,18,22)(H,20,23). The van der Waals surface area contributed by atoms with Gasteiger partial charge in [-0.25, -0.2) is 4.79 Å². The van der Waals surface area contributed by atoms with Crippen LogP contribution in [0.5, 0.6) is 0 Å². The smallest absolute Gasteiger partial charge is 0.322 e. The lowest BCUT2D eigenvalue weighted by atomic mass is 10.1. The van der Waals surface area contributed by atoms with Crippen molar-refractivity contribution in [1.82, 2.24) is 15.6 Å². The lowest BCUT2D eigenvalue weighted by molar-refractivity contribution is -0.121. The van der Waals surface area contributed by atoms with Gasteiger partial charge >= 0.3 is 6.03 Å². The van der Waals surface area contributed by atoms with Crippen molar-refractivity contribution < 1.29 is 9.59 Å². The van der Waals surface area contributed by atoms with Crippen LogP contribution in [-0.2, 0) is 17.8 Å². The van der Waals surface area contributed by atoms with Crippen LogP contribution in [0.1, 0.15) is 11.1 Å². The van der Waals surface area contributed by atoms with E-state index in [-0.39, 0.29) is 11.9 Å². The van der Waals surface area contributed by atoms with Gasteiger partial charge in [0.05, 0.1) is 0 Å². The molecule has 2 heterocycles. The SMILES string of the molecule is CNC(=O)C1Cc2ccccc2N1C(=O)NCc1cccnc1. The molecule has 3 amide bonds. The summed E-state index contributed by atoms with van der Waals surface area (Å²) in [6, 6.07) is 10.5. The van der Waals surface area contributed by atoms with Gasteiger partial charge < -0.3 is 10.6 Å². The van der Waals surface area contributed by atoms with Crippen LogP contribution in [0.15, 0.2) is 48.8 Å². The molecule has 1 aliphatic rings. The van der Waals surface area contributed by atoms with E-state index >= 15 is 0 Å². The number of hydrogen-bond donors (Lipinski definition) is 2. The van der Waals surface area contributed by atoms with Crippen LogP contribution in [0.2, 0.25) is 0 Å². The van der Waals surface area contributed by atoms with Gasteiger partial charge in [0, 0.05) is 38.1 Å². The maximum atomic E-state index is 12.6. The molecule has 23 heavy (non-hydrogen) atoms. The number of carbonyl (C=O) groups excluding carboxylic acids is 2. The number of nitrogens with one attached hydrogen (secondary N) is 2. The fourth-order valence-corrected chi connectivity index (χ4v) is 2.78. The Morgan fingerprint density at radius 1 is 1.26 bits per heavy atom. The van der Waals surface area contributed by atoms with Crippen LogP contribution in [0.25, 0.3) is 0 Å². The van der Waals surface area contributed by atoms with Crippen molar-refractivity contribution in [2.75, 3.05) is 11.9 Å². The van der Waals surface area contributed by atoms with E-state index in [0.717, 1.165) is 16.8 Å². The number of anilines is 1. The molecule has 0 fully saturated rings. The summed E-state index contributed by atoms with van der Waals surface area (Å²) in [5.74, 6) is -0.169. The molecule has 1 aromatic heterocycles. The molecule has 0 bridgehead atoms. The minimum atomic E-state index is -0.522. The molecule has 6 heteroatoms. The van der Waals surface area contributed by atoms with Gasteiger partial charge in [-0.2, -0.15) is 0 Å². The normalized spacial score (nSPS) is 15.9. The third-order valence-corrected chi connectivity index (χ3v) is 3.91. The molecule has 0 saturated heterocycles. The Morgan fingerprint density at radius 3 is 2.83 bits per heavy atom. The zero-order valence-corrected chi connectivity index (χ0v) is 12.8. The van der Waals surface area contributed by atoms with Crippen molar-refractivity contribution >= 4 is 17.6 Å². The second kappa shape index (κ2) is 6.48. The predicted molar refractivity (Wildman–Crippen MR) is 87.0 cm³/mol. The molecule has 2 aromatic rings. The summed E-state index contributed by atoms with van der Waals surface area (Å²) in [6.45, 7) is 0.367. The van der Waals surface area contributed by atoms with E-state index in [1.54, 1.807) is 19.4 Å². The van der Waals surface area contributed by atoms with Gasteiger partial charge in [0.15, 0.2) is 0 Å². The van der Waals surface area contributed by atoms with Gasteiger partial charge in [-0.3, -0.25) is 14.7 Å². The molecular formula is C17H18N4O2. The number of aromatic nitrogens is 1. The number of likely N-dealkylation sites (N-methyl/N-ethyl adjacent to an activating group) is 1. The first-order valence-electron chi connectivity index (χ1n) is 7.46. The molecule has 1 aromatic carbocycles. The van der Waals surface area contributed by atoms with Crippen molar-refractivity contribution in [3.8, 4) is 0 Å². The van der Waals surface area contributed by atoms with E-state index < -0.39 is 6.04 Å². The molecule has 1 aliphatic heterocycles. The van der Waals surface area contributed by atoms with Crippen LogP contribution in [0, 0.1) is 0 Å². The average molecular weight is 310 g/mol. The number of urea groups is 1. The second-order valence-corrected chi connectivity index (χ2v) is 5.35. The molecule has 0 saturated carbocycles. The molecule has 0 spiro atoms. The Labute approximate surface area is 134 Å². The van der Waals surface area contributed by atoms with Gasteiger partial charge in [0.1, 0.15) is 6.04 Å². The highest BCUT2D eigenvalue weighted by molar-refractivity contribution is 6.02. The summed E-state index contributed by atoms with van der Waals surface area (Å²) in [7, 11) is 1.58. The summed E-state index contributed by atoms with van der Waals surface area (Å²) >= 11 is 0. The van der Waals surface area contributed by atoms with Crippen molar-refractivity contribution in [1.29, 1.82) is 0 Å². The fraction of sp³-hybridized carbons (Fsp3) is 0.235. The van der Waals surface area contributed by atoms with E-state index in [1.165, 1.54) is 4.90 Å². The summed E-state index contributed by atoms with van der Waals surface area (Å²) in [6.07, 6.45) is 3.91. The van der Waals surface area contributed by atoms with Gasteiger partial charge in [0.2, 0.25) is 5.91 Å². The molecule has 118 valence electrons. The van der Waals surface area contributed by atoms with E-state index in [4.69, 9.17) is 0 Å². The first-order valence-corrected chi connectivity index (χ1v) is 7.46. The summed E-state index contributed by atoms with van der Waals surface area (Å²) in [5.41, 5.74) is 2.69. The Bertz CT molecular complexity index is 718. The fourth-order valence-electron chi connectivity index (χ4n) is 2.78. The third kappa shape index (κ3) is 3.01. The van der Waals surface area contributed by atoms with Crippen LogP contribution in [0.4, 0.5) is 10.5 Å². The van der Waals surface area contributed by atoms with Crippen molar-refractivity contribution in [3.05, 3.63) is 59.9 Å². The first kappa shape index (κ1) is 15.0. The van der Waals surface area contributed by atoms with Gasteiger partial charge in [-0.1, -0.05) is 24.3 Å². The summed E-state index contributed by atoms with van der Waals surface area (Å²) in [4.78, 5) is 30.3. The lowest BCUT2D eigenvalue weighted by Gasteiger charge is -2.24. The maximum absolute atomic E-state index is 12.6. The van der Waals surface area contributed by atoms with Crippen LogP contribution < -0.4 is 15.5 Å². The van der Waals surface area contributed by atoms with Gasteiger partial charge in [0.25, 0.3) is 0 Å². The number of fused-ring (bicyclic) bond motifs is 1. The Kier molecular flexibility index (Phi) is 4.23. The molecule has 3 rings (SSSR count). The number of hydrogen-bond acceptors (Lipinski definition) is 3. The number of benzene rings is 1. The highest BCUT2D eigenvalue weighted by Crippen LogP contribution is 2.32. The number of rotatable bonds is 3. The zero-order valence-electron chi connectivity index (χ0n) is 12.8. The largest absolute Gasteiger partial charge is 0.357 e. The zero-order chi connectivity index (χ0) is 16.2. The lowest BCUT2D eigenvalue weighted by Crippen LogP contribution is -2.50. The second-order valence-electron chi connectivity index (χ2n) is 5.35. The minimum absolute atomic E-state index is 0.169. The first-order chi connectivity index (χ1) is 11.2. The Balaban J connectivity index is 1.79. The molecule has 0 radical (unpaired) electrons. The van der Waals surface area contributed by atoms with E-state index in [2.05, 4.69) is 15.6 Å². The van der Waals surface area contributed by atoms with E-state index in [1.807, 2.05) is 36.4 Å². The Morgan fingerprint density at radius 2 is 2.09 bits per heavy atom. The van der Waals surface area contributed by atoms with E-state index in [9.17, 15) is 9.59 Å². The number of carbonyl (C=O) groups is 2. The van der Waals surface area contributed by atoms with Crippen molar-refractivity contribution in [2.45, 2.75) is 19.0 Å². The minimum Gasteiger partial charge on any atom is -0.357 e. The van der Waals surface area contributed by atoms with Gasteiger partial charge in [-0.05, 0) is 23.3 Å². The molecule has 6 nitrogen and oxygen atoms in total. The highest BCUT2D eigenvalue weighted by Gasteiger charge is 2.37. The summed E-state index contributed by atoms with van der Waals surface area (Å²) < 4.78 is 0. The summed E-state index contributed by atoms with van der Waals surface area (Å²) in [5, 5.41) is 5.49. The molecule has 1 atom stereocenters. The van der Waals surface area contributed by atoms with Crippen molar-refractivity contribution in [3.63, 3.8) is 0 Å². The number of para-hydroxylation sites is 1. The van der Waals surface area contributed by atoms with Crippen LogP contribution in [0.3, 0.4) is 0 Å². The van der Waals surface area contributed by atoms with E-state index in [0.29, 0.717) is 13.0 Å². The quantitative estimate of drug-likeness (QED) is 0.901. The number of pyridine rings is 1. The maximum Gasteiger partial charge on any atom is 0.322 e. The van der Waals surface area contributed by atoms with Gasteiger partial charge in [-0.15, -0.1) is 0 Å².